The van der Waals surface area contributed by atoms with Gasteiger partial charge in [0, 0.05) is 25.7 Å². The molecule has 1 aliphatic carbocycles. The maximum Gasteiger partial charge on any atom is 0.413 e. The molecule has 3 amide bonds. The summed E-state index contributed by atoms with van der Waals surface area (Å²) in [6.07, 6.45) is 7.17. The number of hydrogen-bond acceptors (Lipinski definition) is 6. The number of fused-ring (bicyclic) bond motifs is 1. The minimum Gasteiger partial charge on any atom is -0.410 e. The second kappa shape index (κ2) is 15.8. The van der Waals surface area contributed by atoms with E-state index in [-0.39, 0.29) is 17.9 Å². The topological polar surface area (TPSA) is 118 Å². The fourth-order valence-electron chi connectivity index (χ4n) is 7.54. The largest absolute Gasteiger partial charge is 0.413 e. The van der Waals surface area contributed by atoms with Crippen LogP contribution in [0.1, 0.15) is 63.4 Å². The van der Waals surface area contributed by atoms with Crippen molar-refractivity contribution in [3.8, 4) is 5.75 Å². The van der Waals surface area contributed by atoms with Crippen LogP contribution in [0.25, 0.3) is 10.8 Å². The Morgan fingerprint density at radius 3 is 2.30 bits per heavy atom. The van der Waals surface area contributed by atoms with Gasteiger partial charge >= 0.3 is 6.09 Å². The smallest absolute Gasteiger partial charge is 0.410 e. The molecule has 0 radical (unpaired) electrons. The first kappa shape index (κ1) is 33.0. The minimum atomic E-state index is -1.15. The lowest BCUT2D eigenvalue weighted by Gasteiger charge is -2.36. The zero-order valence-electron chi connectivity index (χ0n) is 27.2. The van der Waals surface area contributed by atoms with Crippen molar-refractivity contribution < 1.29 is 23.9 Å². The highest BCUT2D eigenvalue weighted by Crippen LogP contribution is 2.31. The number of carbonyl (C=O) groups excluding carboxylic acids is 3. The first-order valence-electron chi connectivity index (χ1n) is 17.4. The fourth-order valence-corrected chi connectivity index (χ4v) is 7.54. The van der Waals surface area contributed by atoms with E-state index >= 15 is 0 Å². The molecule has 0 aromatic heterocycles. The molecule has 9 nitrogen and oxygen atoms in total. The summed E-state index contributed by atoms with van der Waals surface area (Å²) in [7, 11) is 0. The molecule has 3 aromatic rings. The van der Waals surface area contributed by atoms with E-state index < -0.39 is 17.7 Å². The predicted octanol–water partition coefficient (Wildman–Crippen LogP) is 5.27. The van der Waals surface area contributed by atoms with Gasteiger partial charge in [-0.05, 0) is 98.3 Å². The van der Waals surface area contributed by atoms with E-state index in [2.05, 4.69) is 21.3 Å². The quantitative estimate of drug-likeness (QED) is 0.227. The van der Waals surface area contributed by atoms with E-state index in [1.165, 1.54) is 0 Å². The summed E-state index contributed by atoms with van der Waals surface area (Å²) >= 11 is 0. The molecule has 250 valence electrons. The monoisotopic (exact) mass is 640 g/mol. The van der Waals surface area contributed by atoms with E-state index in [1.54, 1.807) is 6.07 Å². The number of benzene rings is 3. The summed E-state index contributed by atoms with van der Waals surface area (Å²) in [4.78, 5) is 41.6. The molecule has 9 heteroatoms. The van der Waals surface area contributed by atoms with Gasteiger partial charge in [0.15, 0.2) is 0 Å². The molecule has 47 heavy (non-hydrogen) atoms. The van der Waals surface area contributed by atoms with Crippen LogP contribution in [0.3, 0.4) is 0 Å². The molecular weight excluding hydrogens is 592 g/mol. The highest BCUT2D eigenvalue weighted by molar-refractivity contribution is 5.95. The molecular formula is C38H48N4O5. The van der Waals surface area contributed by atoms with Crippen LogP contribution in [-0.2, 0) is 20.7 Å². The van der Waals surface area contributed by atoms with Crippen LogP contribution in [0.15, 0.2) is 72.8 Å². The molecule has 2 aliphatic heterocycles. The lowest BCUT2D eigenvalue weighted by atomic mass is 9.82. The van der Waals surface area contributed by atoms with Gasteiger partial charge in [-0.25, -0.2) is 4.79 Å². The van der Waals surface area contributed by atoms with E-state index in [0.29, 0.717) is 36.8 Å². The lowest BCUT2D eigenvalue weighted by molar-refractivity contribution is -0.133. The highest BCUT2D eigenvalue weighted by atomic mass is 16.6. The predicted molar refractivity (Wildman–Crippen MR) is 182 cm³/mol. The first-order chi connectivity index (χ1) is 23.0. The summed E-state index contributed by atoms with van der Waals surface area (Å²) < 4.78 is 11.3. The number of amides is 3. The van der Waals surface area contributed by atoms with Crippen LogP contribution >= 0.6 is 0 Å². The van der Waals surface area contributed by atoms with Crippen molar-refractivity contribution >= 4 is 28.7 Å². The Morgan fingerprint density at radius 2 is 1.55 bits per heavy atom. The number of hydrogen-bond donors (Lipinski definition) is 4. The summed E-state index contributed by atoms with van der Waals surface area (Å²) in [5, 5.41) is 14.9. The molecule has 6 rings (SSSR count). The third-order valence-corrected chi connectivity index (χ3v) is 10.3. The van der Waals surface area contributed by atoms with Gasteiger partial charge < -0.3 is 30.7 Å². The van der Waals surface area contributed by atoms with Gasteiger partial charge in [0.2, 0.25) is 11.8 Å². The second-order valence-electron chi connectivity index (χ2n) is 13.5. The highest BCUT2D eigenvalue weighted by Gasteiger charge is 2.44. The van der Waals surface area contributed by atoms with Crippen LogP contribution in [0.2, 0.25) is 0 Å². The van der Waals surface area contributed by atoms with Crippen LogP contribution < -0.4 is 26.0 Å². The lowest BCUT2D eigenvalue weighted by Crippen LogP contribution is -2.62. The van der Waals surface area contributed by atoms with Gasteiger partial charge in [0.25, 0.3) is 0 Å². The third-order valence-electron chi connectivity index (χ3n) is 10.3. The molecule has 1 unspecified atom stereocenters. The van der Waals surface area contributed by atoms with Crippen molar-refractivity contribution in [1.29, 1.82) is 0 Å². The minimum absolute atomic E-state index is 0.0263. The van der Waals surface area contributed by atoms with Crippen LogP contribution in [-0.4, -0.2) is 61.8 Å². The molecule has 2 saturated heterocycles. The zero-order chi connectivity index (χ0) is 32.5. The fraction of sp³-hybridized carbons (Fsp3) is 0.500. The molecule has 4 N–H and O–H groups in total. The number of carbonyl (C=O) groups is 3. The number of piperidine rings is 1. The van der Waals surface area contributed by atoms with Gasteiger partial charge in [0.1, 0.15) is 17.3 Å². The van der Waals surface area contributed by atoms with E-state index in [0.717, 1.165) is 87.6 Å². The number of rotatable bonds is 11. The molecule has 2 atom stereocenters. The van der Waals surface area contributed by atoms with Crippen LogP contribution in [0, 0.1) is 11.8 Å². The molecule has 1 saturated carbocycles. The van der Waals surface area contributed by atoms with Crippen molar-refractivity contribution in [2.75, 3.05) is 26.3 Å². The molecule has 3 aliphatic rings. The van der Waals surface area contributed by atoms with Gasteiger partial charge in [0.05, 0.1) is 0 Å². The Bertz CT molecular complexity index is 1500. The average Bonchev–Trinajstić information content (AvgIpc) is 3.58. The van der Waals surface area contributed by atoms with Crippen molar-refractivity contribution in [3.05, 3.63) is 78.4 Å². The molecule has 3 fully saturated rings. The Labute approximate surface area is 277 Å². The maximum absolute atomic E-state index is 14.2. The standard InChI is InChI=1S/C38H48N4O5/c43-35(40-33(30-14-20-39-21-15-30)24-28-16-22-46-23-17-28)34(25-27-8-2-1-3-9-27)41-36(44)38(18-6-7-19-38)42-37(45)47-32-13-12-29-10-4-5-11-31(29)26-32/h1-5,8-13,26,28,30,33-34,39H,6-7,14-25H2,(H,40,43)(H,41,44)(H,42,45)/t33-,34?/m1/s1. The van der Waals surface area contributed by atoms with Crippen molar-refractivity contribution in [2.24, 2.45) is 11.8 Å². The number of ether oxygens (including phenoxy) is 2. The second-order valence-corrected chi connectivity index (χ2v) is 13.5. The first-order valence-corrected chi connectivity index (χ1v) is 17.4. The Balaban J connectivity index is 1.17. The SMILES string of the molecule is O=C(NC1(C(=O)NC(Cc2ccccc2)C(=O)N[C@H](CC2CCOCC2)C2CCNCC2)CCCC1)Oc1ccc2ccccc2c1. The zero-order valence-corrected chi connectivity index (χ0v) is 27.2. The third kappa shape index (κ3) is 8.70. The molecule has 3 aromatic carbocycles. The van der Waals surface area contributed by atoms with Crippen molar-refractivity contribution in [2.45, 2.75) is 81.8 Å². The van der Waals surface area contributed by atoms with Gasteiger partial charge in [-0.3, -0.25) is 9.59 Å². The van der Waals surface area contributed by atoms with Crippen molar-refractivity contribution in [3.63, 3.8) is 0 Å². The summed E-state index contributed by atoms with van der Waals surface area (Å²) in [5.41, 5.74) is -0.195. The Hall–Kier alpha value is -3.95. The Kier molecular flexibility index (Phi) is 11.1. The number of nitrogens with one attached hydrogen (secondary N) is 4. The summed E-state index contributed by atoms with van der Waals surface area (Å²) in [6, 6.07) is 22.3. The van der Waals surface area contributed by atoms with E-state index in [9.17, 15) is 14.4 Å². The summed E-state index contributed by atoms with van der Waals surface area (Å²) in [5.74, 6) is 0.771. The summed E-state index contributed by atoms with van der Waals surface area (Å²) in [6.45, 7) is 3.42. The van der Waals surface area contributed by atoms with Crippen LogP contribution in [0.5, 0.6) is 5.75 Å². The molecule has 2 heterocycles. The molecule has 0 spiro atoms. The van der Waals surface area contributed by atoms with E-state index in [1.807, 2.05) is 66.7 Å². The average molecular weight is 641 g/mol. The van der Waals surface area contributed by atoms with E-state index in [4.69, 9.17) is 9.47 Å². The molecule has 0 bridgehead atoms. The van der Waals surface area contributed by atoms with Gasteiger partial charge in [-0.15, -0.1) is 0 Å². The Morgan fingerprint density at radius 1 is 0.851 bits per heavy atom. The normalized spacial score (nSPS) is 19.8. The maximum atomic E-state index is 14.2. The van der Waals surface area contributed by atoms with Crippen LogP contribution in [0.4, 0.5) is 4.79 Å². The van der Waals surface area contributed by atoms with Gasteiger partial charge in [-0.2, -0.15) is 0 Å². The van der Waals surface area contributed by atoms with Gasteiger partial charge in [-0.1, -0.05) is 73.5 Å². The van der Waals surface area contributed by atoms with Crippen molar-refractivity contribution in [1.82, 2.24) is 21.3 Å².